The van der Waals surface area contributed by atoms with Crippen LogP contribution in [0.15, 0.2) is 244 Å². The smallest absolute Gasteiger partial charge is 0.232 e. The number of para-hydroxylation sites is 1. The zero-order chi connectivity index (χ0) is 77.0. The lowest BCUT2D eigenvalue weighted by atomic mass is 9.96. The summed E-state index contributed by atoms with van der Waals surface area (Å²) in [6.45, 7) is 33.2. The second-order valence-corrected chi connectivity index (χ2v) is 31.3. The van der Waals surface area contributed by atoms with Crippen molar-refractivity contribution in [3.05, 3.63) is 300 Å². The highest BCUT2D eigenvalue weighted by atomic mass is 15.0. The third-order valence-corrected chi connectivity index (χ3v) is 20.4. The SMILES string of the molecule is Cc1ccccc1-c1c2cc(C(C)C)ccc2nc[n+]1C.Cc1ccccc1-c1c2cc(CC(C)C)ccc2nc[n+]1C.Cc1ccccc1-c1c2ccc(C(C)C)cc2nc[n+]1C.Cc1ccccc1-c1c2ccc(CC(C)C)cc2nc[n+]1C.Cc1ccccc1-c1c2cccc(CC(C)C)c2nc[n+]1C. The highest BCUT2D eigenvalue weighted by Gasteiger charge is 2.24. The Morgan fingerprint density at radius 3 is 0.981 bits per heavy atom. The van der Waals surface area contributed by atoms with Crippen molar-refractivity contribution in [3.63, 3.8) is 0 Å². The van der Waals surface area contributed by atoms with Gasteiger partial charge in [0.15, 0.2) is 27.6 Å². The first-order chi connectivity index (χ1) is 51.8. The van der Waals surface area contributed by atoms with Gasteiger partial charge in [-0.05, 0) is 213 Å². The minimum atomic E-state index is 0.518. The van der Waals surface area contributed by atoms with E-state index in [1.165, 1.54) is 139 Å². The Bertz CT molecular complexity index is 5630. The lowest BCUT2D eigenvalue weighted by Gasteiger charge is -2.11. The Morgan fingerprint density at radius 1 is 0.259 bits per heavy atom. The standard InChI is InChI=1S/3C20H23N2.2C19H21N2/c1-14(2)12-16-9-7-11-18-19(16)21-13-22(4)20(18)17-10-6-5-8-15(17)3;1-14(2)11-16-9-10-19-18(12-16)20(22(4)13-21-19)17-8-6-5-7-15(17)3;1-14(2)11-16-9-10-18-19(12-16)21-13-22(4)20(18)17-8-6-5-7-15(17)3;1-13(2)15-9-10-18-17(11-15)19(21(4)12-20-18)16-8-6-5-7-14(16)3;1-13(2)15-9-10-17-18(11-15)20-12-21(4)19(17)16-8-6-5-7-14(16)3/h5-11,13-14H,12H2,1-4H3;2*5-10,12-14H,11H2,1-4H3;2*5-13H,1-4H3/q5*+1. The second kappa shape index (κ2) is 35.1. The summed E-state index contributed by atoms with van der Waals surface area (Å²) in [5, 5.41) is 6.11. The summed E-state index contributed by atoms with van der Waals surface area (Å²) in [4.78, 5) is 23.1. The Hall–Kier alpha value is -11.1. The van der Waals surface area contributed by atoms with Crippen LogP contribution in [0.5, 0.6) is 0 Å². The molecule has 15 rings (SSSR count). The molecule has 0 N–H and O–H groups in total. The van der Waals surface area contributed by atoms with Gasteiger partial charge in [0.05, 0.1) is 62.2 Å². The molecule has 0 aliphatic rings. The lowest BCUT2D eigenvalue weighted by molar-refractivity contribution is -0.662. The predicted molar refractivity (Wildman–Crippen MR) is 449 cm³/mol. The molecule has 0 radical (unpaired) electrons. The highest BCUT2D eigenvalue weighted by Crippen LogP contribution is 2.35. The molecule has 0 atom stereocenters. The van der Waals surface area contributed by atoms with E-state index in [2.05, 4.69) is 394 Å². The van der Waals surface area contributed by atoms with Crippen molar-refractivity contribution in [3.8, 4) is 56.3 Å². The molecule has 0 spiro atoms. The maximum atomic E-state index is 4.71. The van der Waals surface area contributed by atoms with Gasteiger partial charge in [-0.25, -0.2) is 22.8 Å². The van der Waals surface area contributed by atoms with Crippen molar-refractivity contribution in [2.24, 2.45) is 53.0 Å². The molecule has 0 amide bonds. The van der Waals surface area contributed by atoms with Gasteiger partial charge in [-0.3, -0.25) is 0 Å². The summed E-state index contributed by atoms with van der Waals surface area (Å²) in [6.07, 6.45) is 12.8. The number of rotatable bonds is 13. The molecular formula is C98H111N10+5. The number of aromatic nitrogens is 10. The summed E-state index contributed by atoms with van der Waals surface area (Å²) in [5.74, 6) is 2.98. The summed E-state index contributed by atoms with van der Waals surface area (Å²) < 4.78 is 10.6. The first-order valence-corrected chi connectivity index (χ1v) is 38.5. The fraction of sp³-hybridized carbons (Fsp3) is 0.286. The molecule has 10 nitrogen and oxygen atoms in total. The van der Waals surface area contributed by atoms with E-state index in [4.69, 9.17) is 4.98 Å². The molecule has 0 unspecified atom stereocenters. The number of aryl methyl sites for hydroxylation is 10. The van der Waals surface area contributed by atoms with E-state index in [1.54, 1.807) is 0 Å². The van der Waals surface area contributed by atoms with Gasteiger partial charge in [-0.15, -0.1) is 0 Å². The molecule has 0 saturated carbocycles. The molecule has 0 aliphatic carbocycles. The number of fused-ring (bicyclic) bond motifs is 5. The van der Waals surface area contributed by atoms with E-state index in [-0.39, 0.29) is 0 Å². The normalized spacial score (nSPS) is 11.3. The Kier molecular flexibility index (Phi) is 25.3. The van der Waals surface area contributed by atoms with E-state index in [9.17, 15) is 0 Å². The topological polar surface area (TPSA) is 83.8 Å². The fourth-order valence-corrected chi connectivity index (χ4v) is 14.8. The van der Waals surface area contributed by atoms with Gasteiger partial charge in [0.2, 0.25) is 0 Å². The van der Waals surface area contributed by atoms with Crippen molar-refractivity contribution < 1.29 is 22.8 Å². The third-order valence-electron chi connectivity index (χ3n) is 20.4. The van der Waals surface area contributed by atoms with Crippen molar-refractivity contribution in [1.29, 1.82) is 0 Å². The third kappa shape index (κ3) is 18.1. The van der Waals surface area contributed by atoms with Gasteiger partial charge < -0.3 is 0 Å². The van der Waals surface area contributed by atoms with E-state index in [0.717, 1.165) is 46.8 Å². The molecule has 0 aliphatic heterocycles. The monoisotopic (exact) mass is 1430 g/mol. The Morgan fingerprint density at radius 2 is 0.574 bits per heavy atom. The molecule has 5 aromatic heterocycles. The van der Waals surface area contributed by atoms with Crippen LogP contribution in [0.1, 0.15) is 137 Å². The van der Waals surface area contributed by atoms with Crippen LogP contribution in [0, 0.1) is 52.4 Å². The molecule has 108 heavy (non-hydrogen) atoms. The van der Waals surface area contributed by atoms with Crippen molar-refractivity contribution >= 4 is 54.5 Å². The molecule has 0 saturated heterocycles. The van der Waals surface area contributed by atoms with Crippen LogP contribution in [-0.4, -0.2) is 24.9 Å². The summed E-state index contributed by atoms with van der Waals surface area (Å²) in [6, 6.07) is 75.8. The Balaban J connectivity index is 0.000000134. The van der Waals surface area contributed by atoms with Gasteiger partial charge in [0.25, 0.3) is 31.6 Å². The van der Waals surface area contributed by atoms with E-state index >= 15 is 0 Å². The minimum Gasteiger partial charge on any atom is -0.232 e. The van der Waals surface area contributed by atoms with Gasteiger partial charge in [0.1, 0.15) is 28.5 Å². The van der Waals surface area contributed by atoms with E-state index < -0.39 is 0 Å². The largest absolute Gasteiger partial charge is 0.287 e. The average molecular weight is 1430 g/mol. The summed E-state index contributed by atoms with van der Waals surface area (Å²) >= 11 is 0. The molecule has 0 bridgehead atoms. The molecule has 10 aromatic carbocycles. The van der Waals surface area contributed by atoms with Crippen molar-refractivity contribution in [2.45, 2.75) is 135 Å². The number of benzene rings is 10. The van der Waals surface area contributed by atoms with E-state index in [0.29, 0.717) is 29.6 Å². The first kappa shape index (κ1) is 78.0. The Labute approximate surface area is 642 Å². The van der Waals surface area contributed by atoms with Crippen LogP contribution >= 0.6 is 0 Å². The quantitative estimate of drug-likeness (QED) is 0.107. The minimum absolute atomic E-state index is 0.518. The van der Waals surface area contributed by atoms with Gasteiger partial charge >= 0.3 is 0 Å². The lowest BCUT2D eigenvalue weighted by Crippen LogP contribution is -2.32. The van der Waals surface area contributed by atoms with E-state index in [1.807, 2.05) is 31.6 Å². The summed E-state index contributed by atoms with van der Waals surface area (Å²) in [5.41, 5.74) is 31.2. The highest BCUT2D eigenvalue weighted by molar-refractivity contribution is 5.96. The fourth-order valence-electron chi connectivity index (χ4n) is 14.8. The van der Waals surface area contributed by atoms with Crippen LogP contribution in [0.25, 0.3) is 111 Å². The number of hydrogen-bond donors (Lipinski definition) is 0. The average Bonchev–Trinajstić information content (AvgIpc) is 0.802. The first-order valence-electron chi connectivity index (χ1n) is 38.5. The van der Waals surface area contributed by atoms with Crippen LogP contribution in [0.4, 0.5) is 0 Å². The van der Waals surface area contributed by atoms with Crippen LogP contribution in [-0.2, 0) is 54.5 Å². The van der Waals surface area contributed by atoms with Gasteiger partial charge in [0, 0.05) is 33.4 Å². The maximum absolute atomic E-state index is 4.71. The van der Waals surface area contributed by atoms with Crippen molar-refractivity contribution in [2.75, 3.05) is 0 Å². The van der Waals surface area contributed by atoms with Crippen LogP contribution in [0.2, 0.25) is 0 Å². The van der Waals surface area contributed by atoms with Crippen molar-refractivity contribution in [1.82, 2.24) is 24.9 Å². The number of nitrogens with zero attached hydrogens (tertiary/aromatic N) is 10. The molecule has 548 valence electrons. The predicted octanol–water partition coefficient (Wildman–Crippen LogP) is 21.0. The number of hydrogen-bond acceptors (Lipinski definition) is 5. The van der Waals surface area contributed by atoms with Crippen LogP contribution < -0.4 is 22.8 Å². The molecule has 10 heteroatoms. The van der Waals surface area contributed by atoms with Crippen LogP contribution in [0.3, 0.4) is 0 Å². The molecule has 15 aromatic rings. The molecular weight excluding hydrogens is 1320 g/mol. The zero-order valence-electron chi connectivity index (χ0n) is 67.6. The zero-order valence-corrected chi connectivity index (χ0v) is 67.6. The second-order valence-electron chi connectivity index (χ2n) is 31.3. The van der Waals surface area contributed by atoms with Gasteiger partial charge in [-0.2, -0.15) is 0 Å². The molecule has 5 heterocycles. The maximum Gasteiger partial charge on any atom is 0.287 e. The summed E-state index contributed by atoms with van der Waals surface area (Å²) in [7, 11) is 10.3. The molecule has 0 fully saturated rings. The van der Waals surface area contributed by atoms with Gasteiger partial charge in [-0.1, -0.05) is 227 Å².